The van der Waals surface area contributed by atoms with Crippen molar-refractivity contribution in [3.63, 3.8) is 0 Å². The van der Waals surface area contributed by atoms with Crippen LogP contribution in [-0.4, -0.2) is 36.6 Å². The zero-order valence-electron chi connectivity index (χ0n) is 13.0. The van der Waals surface area contributed by atoms with Gasteiger partial charge in [-0.3, -0.25) is 4.90 Å². The van der Waals surface area contributed by atoms with E-state index in [2.05, 4.69) is 37.9 Å². The molecular weight excluding hydrogens is 220 g/mol. The van der Waals surface area contributed by atoms with Crippen molar-refractivity contribution < 1.29 is 0 Å². The smallest absolute Gasteiger partial charge is 0.0110 e. The summed E-state index contributed by atoms with van der Waals surface area (Å²) < 4.78 is 0. The summed E-state index contributed by atoms with van der Waals surface area (Å²) in [5, 5.41) is 3.78. The largest absolute Gasteiger partial charge is 0.313 e. The van der Waals surface area contributed by atoms with Crippen molar-refractivity contribution in [1.29, 1.82) is 0 Å². The fourth-order valence-electron chi connectivity index (χ4n) is 2.93. The van der Waals surface area contributed by atoms with Gasteiger partial charge in [0.05, 0.1) is 0 Å². The topological polar surface area (TPSA) is 15.3 Å². The summed E-state index contributed by atoms with van der Waals surface area (Å²) in [5.74, 6) is 0.769. The summed E-state index contributed by atoms with van der Waals surface area (Å²) in [7, 11) is 0. The Labute approximate surface area is 115 Å². The lowest BCUT2D eigenvalue weighted by Gasteiger charge is -2.29. The number of hydrogen-bond donors (Lipinski definition) is 1. The molecule has 18 heavy (non-hydrogen) atoms. The first-order chi connectivity index (χ1) is 8.59. The molecule has 0 aromatic rings. The maximum Gasteiger partial charge on any atom is 0.0110 e. The lowest BCUT2D eigenvalue weighted by Crippen LogP contribution is -2.41. The van der Waals surface area contributed by atoms with Crippen LogP contribution in [0.3, 0.4) is 0 Å². The number of nitrogens with zero attached hydrogens (tertiary/aromatic N) is 1. The van der Waals surface area contributed by atoms with Gasteiger partial charge in [-0.05, 0) is 32.6 Å². The fourth-order valence-corrected chi connectivity index (χ4v) is 2.93. The maximum atomic E-state index is 3.78. The molecule has 0 aromatic heterocycles. The van der Waals surface area contributed by atoms with Crippen molar-refractivity contribution in [3.8, 4) is 0 Å². The van der Waals surface area contributed by atoms with Gasteiger partial charge in [0.15, 0.2) is 0 Å². The van der Waals surface area contributed by atoms with Gasteiger partial charge in [0, 0.05) is 31.7 Å². The van der Waals surface area contributed by atoms with E-state index in [-0.39, 0.29) is 0 Å². The Hall–Kier alpha value is -0.0800. The molecule has 108 valence electrons. The van der Waals surface area contributed by atoms with Gasteiger partial charge in [-0.25, -0.2) is 0 Å². The van der Waals surface area contributed by atoms with E-state index in [4.69, 9.17) is 0 Å². The molecule has 1 N–H and O–H groups in total. The van der Waals surface area contributed by atoms with Crippen molar-refractivity contribution >= 4 is 0 Å². The van der Waals surface area contributed by atoms with Gasteiger partial charge in [0.1, 0.15) is 0 Å². The van der Waals surface area contributed by atoms with Gasteiger partial charge in [0.25, 0.3) is 0 Å². The predicted octanol–water partition coefficient (Wildman–Crippen LogP) is 3.67. The second-order valence-corrected chi connectivity index (χ2v) is 6.63. The maximum absolute atomic E-state index is 3.78. The molecule has 0 amide bonds. The molecule has 0 radical (unpaired) electrons. The minimum absolute atomic E-state index is 0.670. The van der Waals surface area contributed by atoms with Crippen molar-refractivity contribution in [2.45, 2.75) is 78.3 Å². The third kappa shape index (κ3) is 6.75. The van der Waals surface area contributed by atoms with Crippen LogP contribution in [0.5, 0.6) is 0 Å². The second-order valence-electron chi connectivity index (χ2n) is 6.63. The molecule has 1 aliphatic carbocycles. The summed E-state index contributed by atoms with van der Waals surface area (Å²) in [6.45, 7) is 12.8. The molecule has 1 saturated carbocycles. The van der Waals surface area contributed by atoms with Crippen LogP contribution < -0.4 is 5.32 Å². The van der Waals surface area contributed by atoms with Gasteiger partial charge >= 0.3 is 0 Å². The molecule has 1 fully saturated rings. The minimum atomic E-state index is 0.670. The first-order valence-electron chi connectivity index (χ1n) is 8.07. The van der Waals surface area contributed by atoms with Crippen LogP contribution in [0.15, 0.2) is 0 Å². The summed E-state index contributed by atoms with van der Waals surface area (Å²) in [6, 6.07) is 1.46. The molecule has 2 heteroatoms. The highest BCUT2D eigenvalue weighted by Gasteiger charge is 2.14. The van der Waals surface area contributed by atoms with E-state index in [0.717, 1.165) is 18.5 Å². The summed E-state index contributed by atoms with van der Waals surface area (Å²) in [5.41, 5.74) is 0. The molecule has 0 heterocycles. The lowest BCUT2D eigenvalue weighted by atomic mass is 10.1. The Bertz CT molecular complexity index is 193. The van der Waals surface area contributed by atoms with E-state index >= 15 is 0 Å². The normalized spacial score (nSPS) is 18.8. The molecule has 1 rings (SSSR count). The minimum Gasteiger partial charge on any atom is -0.313 e. The average Bonchev–Trinajstić information content (AvgIpc) is 2.55. The standard InChI is InChI=1S/C16H34N2/c1-14(2)13-18(15(3)4)12-11-17-16-9-7-5-6-8-10-16/h14-17H,5-13H2,1-4H3. The quantitative estimate of drug-likeness (QED) is 0.697. The highest BCUT2D eigenvalue weighted by atomic mass is 15.2. The third-order valence-corrected chi connectivity index (χ3v) is 4.02. The third-order valence-electron chi connectivity index (χ3n) is 4.02. The van der Waals surface area contributed by atoms with Crippen molar-refractivity contribution in [2.75, 3.05) is 19.6 Å². The SMILES string of the molecule is CC(C)CN(CCNC1CCCCCC1)C(C)C. The molecule has 2 nitrogen and oxygen atoms in total. The van der Waals surface area contributed by atoms with E-state index in [1.165, 1.54) is 51.6 Å². The van der Waals surface area contributed by atoms with E-state index in [1.807, 2.05) is 0 Å². The van der Waals surface area contributed by atoms with E-state index in [9.17, 15) is 0 Å². The van der Waals surface area contributed by atoms with Crippen LogP contribution in [0, 0.1) is 5.92 Å². The Morgan fingerprint density at radius 3 is 2.11 bits per heavy atom. The Kier molecular flexibility index (Phi) is 7.92. The molecule has 0 spiro atoms. The van der Waals surface area contributed by atoms with E-state index < -0.39 is 0 Å². The average molecular weight is 254 g/mol. The number of rotatable bonds is 7. The molecular formula is C16H34N2. The van der Waals surface area contributed by atoms with Crippen molar-refractivity contribution in [2.24, 2.45) is 5.92 Å². The highest BCUT2D eigenvalue weighted by Crippen LogP contribution is 2.17. The van der Waals surface area contributed by atoms with Gasteiger partial charge in [-0.15, -0.1) is 0 Å². The zero-order chi connectivity index (χ0) is 13.4. The van der Waals surface area contributed by atoms with Crippen LogP contribution in [0.2, 0.25) is 0 Å². The monoisotopic (exact) mass is 254 g/mol. The van der Waals surface area contributed by atoms with Crippen LogP contribution in [-0.2, 0) is 0 Å². The first kappa shape index (κ1) is 16.0. The number of hydrogen-bond acceptors (Lipinski definition) is 2. The van der Waals surface area contributed by atoms with Gasteiger partial charge < -0.3 is 5.32 Å². The van der Waals surface area contributed by atoms with Crippen LogP contribution >= 0.6 is 0 Å². The summed E-state index contributed by atoms with van der Waals surface area (Å²) >= 11 is 0. The molecule has 0 aliphatic heterocycles. The molecule has 0 bridgehead atoms. The Balaban J connectivity index is 2.20. The summed E-state index contributed by atoms with van der Waals surface area (Å²) in [4.78, 5) is 2.61. The van der Waals surface area contributed by atoms with Crippen LogP contribution in [0.4, 0.5) is 0 Å². The molecule has 0 aromatic carbocycles. The molecule has 0 saturated heterocycles. The fraction of sp³-hybridized carbons (Fsp3) is 1.00. The molecule has 1 aliphatic rings. The highest BCUT2D eigenvalue weighted by molar-refractivity contribution is 4.72. The molecule has 0 atom stereocenters. The van der Waals surface area contributed by atoms with Gasteiger partial charge in [-0.1, -0.05) is 39.5 Å². The van der Waals surface area contributed by atoms with Crippen LogP contribution in [0.1, 0.15) is 66.2 Å². The molecule has 0 unspecified atom stereocenters. The van der Waals surface area contributed by atoms with Crippen molar-refractivity contribution in [3.05, 3.63) is 0 Å². The number of nitrogens with one attached hydrogen (secondary N) is 1. The van der Waals surface area contributed by atoms with E-state index in [1.54, 1.807) is 0 Å². The predicted molar refractivity (Wildman–Crippen MR) is 81.0 cm³/mol. The van der Waals surface area contributed by atoms with E-state index in [0.29, 0.717) is 6.04 Å². The second kappa shape index (κ2) is 8.92. The Morgan fingerprint density at radius 2 is 1.61 bits per heavy atom. The summed E-state index contributed by atoms with van der Waals surface area (Å²) in [6.07, 6.45) is 8.54. The van der Waals surface area contributed by atoms with Crippen LogP contribution in [0.25, 0.3) is 0 Å². The van der Waals surface area contributed by atoms with Crippen molar-refractivity contribution in [1.82, 2.24) is 10.2 Å². The lowest BCUT2D eigenvalue weighted by molar-refractivity contribution is 0.195. The van der Waals surface area contributed by atoms with Gasteiger partial charge in [-0.2, -0.15) is 0 Å². The first-order valence-corrected chi connectivity index (χ1v) is 8.07. The zero-order valence-corrected chi connectivity index (χ0v) is 13.0. The van der Waals surface area contributed by atoms with Gasteiger partial charge in [0.2, 0.25) is 0 Å². The Morgan fingerprint density at radius 1 is 1.00 bits per heavy atom.